The van der Waals surface area contributed by atoms with Crippen LogP contribution in [0.25, 0.3) is 17.0 Å². The summed E-state index contributed by atoms with van der Waals surface area (Å²) in [7, 11) is 0. The standard InChI is InChI=1S/C18H14N4O2/c1-12-5-6-13(15-11-22-8-3-7-19-18(22)21-15)10-14(12)20-17(23)16-4-2-9-24-16/h2-11H,1H3,(H,20,23). The molecule has 3 aromatic heterocycles. The first-order valence-corrected chi connectivity index (χ1v) is 7.46. The number of aryl methyl sites for hydroxylation is 1. The number of nitrogens with zero attached hydrogens (tertiary/aromatic N) is 3. The number of hydrogen-bond donors (Lipinski definition) is 1. The summed E-state index contributed by atoms with van der Waals surface area (Å²) in [6.45, 7) is 1.94. The van der Waals surface area contributed by atoms with Gasteiger partial charge in [-0.25, -0.2) is 9.97 Å². The zero-order valence-corrected chi connectivity index (χ0v) is 12.9. The van der Waals surface area contributed by atoms with Crippen molar-refractivity contribution in [3.8, 4) is 11.3 Å². The Morgan fingerprint density at radius 2 is 2.17 bits per heavy atom. The number of benzene rings is 1. The van der Waals surface area contributed by atoms with Crippen LogP contribution in [0.2, 0.25) is 0 Å². The van der Waals surface area contributed by atoms with Gasteiger partial charge < -0.3 is 9.73 Å². The Labute approximate surface area is 137 Å². The Hall–Kier alpha value is -3.41. The van der Waals surface area contributed by atoms with Crippen LogP contribution in [0.5, 0.6) is 0 Å². The number of aromatic nitrogens is 3. The Bertz CT molecular complexity index is 986. The summed E-state index contributed by atoms with van der Waals surface area (Å²) in [6.07, 6.45) is 6.98. The van der Waals surface area contributed by atoms with E-state index >= 15 is 0 Å². The molecular weight excluding hydrogens is 304 g/mol. The van der Waals surface area contributed by atoms with Crippen molar-refractivity contribution in [2.75, 3.05) is 5.32 Å². The zero-order valence-electron chi connectivity index (χ0n) is 12.9. The lowest BCUT2D eigenvalue weighted by Crippen LogP contribution is -2.11. The van der Waals surface area contributed by atoms with Crippen LogP contribution >= 0.6 is 0 Å². The summed E-state index contributed by atoms with van der Waals surface area (Å²) in [4.78, 5) is 20.9. The second kappa shape index (κ2) is 5.66. The predicted octanol–water partition coefficient (Wildman–Crippen LogP) is 3.55. The van der Waals surface area contributed by atoms with Crippen molar-refractivity contribution in [3.63, 3.8) is 0 Å². The van der Waals surface area contributed by atoms with Crippen LogP contribution in [-0.2, 0) is 0 Å². The lowest BCUT2D eigenvalue weighted by atomic mass is 10.1. The van der Waals surface area contributed by atoms with Gasteiger partial charge in [0.05, 0.1) is 12.0 Å². The molecule has 0 unspecified atom stereocenters. The van der Waals surface area contributed by atoms with Crippen LogP contribution in [-0.4, -0.2) is 20.3 Å². The number of carbonyl (C=O) groups is 1. The highest BCUT2D eigenvalue weighted by Gasteiger charge is 2.12. The maximum absolute atomic E-state index is 12.2. The summed E-state index contributed by atoms with van der Waals surface area (Å²) < 4.78 is 6.98. The molecule has 1 N–H and O–H groups in total. The lowest BCUT2D eigenvalue weighted by Gasteiger charge is -2.08. The number of rotatable bonds is 3. The summed E-state index contributed by atoms with van der Waals surface area (Å²) >= 11 is 0. The van der Waals surface area contributed by atoms with Crippen molar-refractivity contribution >= 4 is 17.4 Å². The van der Waals surface area contributed by atoms with Gasteiger partial charge in [-0.2, -0.15) is 0 Å². The van der Waals surface area contributed by atoms with E-state index in [1.54, 1.807) is 18.3 Å². The van der Waals surface area contributed by atoms with Crippen molar-refractivity contribution in [1.29, 1.82) is 0 Å². The molecule has 4 aromatic rings. The normalized spacial score (nSPS) is 10.9. The quantitative estimate of drug-likeness (QED) is 0.627. The third-order valence-electron chi connectivity index (χ3n) is 3.76. The number of anilines is 1. The summed E-state index contributed by atoms with van der Waals surface area (Å²) in [6, 6.07) is 11.0. The van der Waals surface area contributed by atoms with E-state index in [-0.39, 0.29) is 11.7 Å². The number of hydrogen-bond acceptors (Lipinski definition) is 4. The van der Waals surface area contributed by atoms with Crippen LogP contribution in [0.1, 0.15) is 16.1 Å². The van der Waals surface area contributed by atoms with Gasteiger partial charge in [-0.3, -0.25) is 9.20 Å². The Balaban J connectivity index is 1.69. The minimum Gasteiger partial charge on any atom is -0.459 e. The fourth-order valence-corrected chi connectivity index (χ4v) is 2.48. The molecule has 6 nitrogen and oxygen atoms in total. The summed E-state index contributed by atoms with van der Waals surface area (Å²) in [5, 5.41) is 2.87. The van der Waals surface area contributed by atoms with E-state index in [1.165, 1.54) is 6.26 Å². The highest BCUT2D eigenvalue weighted by Crippen LogP contribution is 2.25. The third-order valence-corrected chi connectivity index (χ3v) is 3.76. The minimum atomic E-state index is -0.281. The molecule has 1 aromatic carbocycles. The topological polar surface area (TPSA) is 72.4 Å². The van der Waals surface area contributed by atoms with Crippen LogP contribution < -0.4 is 5.32 Å². The van der Waals surface area contributed by atoms with E-state index in [1.807, 2.05) is 48.0 Å². The average molecular weight is 318 g/mol. The van der Waals surface area contributed by atoms with E-state index in [4.69, 9.17) is 4.42 Å². The van der Waals surface area contributed by atoms with Crippen LogP contribution in [0.4, 0.5) is 5.69 Å². The predicted molar refractivity (Wildman–Crippen MR) is 89.8 cm³/mol. The van der Waals surface area contributed by atoms with Crippen molar-refractivity contribution < 1.29 is 9.21 Å². The third kappa shape index (κ3) is 2.54. The van der Waals surface area contributed by atoms with E-state index in [0.717, 1.165) is 22.5 Å². The van der Waals surface area contributed by atoms with Gasteiger partial charge in [-0.05, 0) is 36.8 Å². The molecule has 0 saturated carbocycles. The smallest absolute Gasteiger partial charge is 0.291 e. The summed E-state index contributed by atoms with van der Waals surface area (Å²) in [5.74, 6) is 0.628. The van der Waals surface area contributed by atoms with Gasteiger partial charge >= 0.3 is 0 Å². The molecule has 6 heteroatoms. The first kappa shape index (κ1) is 14.2. The van der Waals surface area contributed by atoms with Crippen molar-refractivity contribution in [2.45, 2.75) is 6.92 Å². The number of furan rings is 1. The first-order valence-electron chi connectivity index (χ1n) is 7.46. The zero-order chi connectivity index (χ0) is 16.5. The molecule has 0 bridgehead atoms. The maximum Gasteiger partial charge on any atom is 0.291 e. The fourth-order valence-electron chi connectivity index (χ4n) is 2.48. The number of fused-ring (bicyclic) bond motifs is 1. The highest BCUT2D eigenvalue weighted by molar-refractivity contribution is 6.03. The second-order valence-corrected chi connectivity index (χ2v) is 5.41. The molecule has 118 valence electrons. The van der Waals surface area contributed by atoms with E-state index in [9.17, 15) is 4.79 Å². The van der Waals surface area contributed by atoms with Crippen LogP contribution in [0.15, 0.2) is 65.7 Å². The number of carbonyl (C=O) groups excluding carboxylic acids is 1. The largest absolute Gasteiger partial charge is 0.459 e. The van der Waals surface area contributed by atoms with E-state index in [2.05, 4.69) is 15.3 Å². The first-order chi connectivity index (χ1) is 11.7. The Morgan fingerprint density at radius 3 is 2.96 bits per heavy atom. The molecule has 0 aliphatic rings. The van der Waals surface area contributed by atoms with Crippen molar-refractivity contribution in [2.24, 2.45) is 0 Å². The molecule has 0 atom stereocenters. The summed E-state index contributed by atoms with van der Waals surface area (Å²) in [5.41, 5.74) is 3.38. The molecule has 0 radical (unpaired) electrons. The lowest BCUT2D eigenvalue weighted by molar-refractivity contribution is 0.0996. The van der Waals surface area contributed by atoms with Gasteiger partial charge in [-0.1, -0.05) is 12.1 Å². The number of imidazole rings is 1. The molecule has 4 rings (SSSR count). The molecule has 0 aliphatic heterocycles. The van der Waals surface area contributed by atoms with Gasteiger partial charge in [0.25, 0.3) is 5.91 Å². The molecule has 3 heterocycles. The number of amides is 1. The monoisotopic (exact) mass is 318 g/mol. The Kier molecular flexibility index (Phi) is 3.35. The fraction of sp³-hybridized carbons (Fsp3) is 0.0556. The van der Waals surface area contributed by atoms with Crippen molar-refractivity contribution in [3.05, 3.63) is 72.6 Å². The van der Waals surface area contributed by atoms with Gasteiger partial charge in [0.2, 0.25) is 5.78 Å². The molecule has 24 heavy (non-hydrogen) atoms. The van der Waals surface area contributed by atoms with Gasteiger partial charge in [0.1, 0.15) is 0 Å². The van der Waals surface area contributed by atoms with E-state index in [0.29, 0.717) is 5.78 Å². The van der Waals surface area contributed by atoms with Crippen molar-refractivity contribution in [1.82, 2.24) is 14.4 Å². The second-order valence-electron chi connectivity index (χ2n) is 5.41. The molecule has 0 saturated heterocycles. The molecular formula is C18H14N4O2. The molecule has 1 amide bonds. The molecule has 0 aliphatic carbocycles. The van der Waals surface area contributed by atoms with Gasteiger partial charge in [0.15, 0.2) is 5.76 Å². The maximum atomic E-state index is 12.2. The van der Waals surface area contributed by atoms with Gasteiger partial charge in [0, 0.05) is 29.8 Å². The Morgan fingerprint density at radius 1 is 1.25 bits per heavy atom. The SMILES string of the molecule is Cc1ccc(-c2cn3cccnc3n2)cc1NC(=O)c1ccco1. The van der Waals surface area contributed by atoms with Gasteiger partial charge in [-0.15, -0.1) is 0 Å². The molecule has 0 fully saturated rings. The van der Waals surface area contributed by atoms with Crippen LogP contribution in [0, 0.1) is 6.92 Å². The average Bonchev–Trinajstić information content (AvgIpc) is 3.26. The highest BCUT2D eigenvalue weighted by atomic mass is 16.3. The van der Waals surface area contributed by atoms with Crippen LogP contribution in [0.3, 0.4) is 0 Å². The molecule has 0 spiro atoms. The minimum absolute atomic E-state index is 0.275. The van der Waals surface area contributed by atoms with E-state index < -0.39 is 0 Å². The number of nitrogens with one attached hydrogen (secondary N) is 1.